The van der Waals surface area contributed by atoms with Crippen LogP contribution in [0.25, 0.3) is 0 Å². The van der Waals surface area contributed by atoms with E-state index in [0.717, 1.165) is 29.7 Å². The van der Waals surface area contributed by atoms with Crippen LogP contribution in [0.2, 0.25) is 0 Å². The number of rotatable bonds is 5. The van der Waals surface area contributed by atoms with E-state index in [0.29, 0.717) is 0 Å². The van der Waals surface area contributed by atoms with Crippen LogP contribution >= 0.6 is 15.9 Å². The fourth-order valence-electron chi connectivity index (χ4n) is 1.90. The summed E-state index contributed by atoms with van der Waals surface area (Å²) >= 11 is 3.40. The van der Waals surface area contributed by atoms with Crippen molar-refractivity contribution in [3.05, 3.63) is 28.7 Å². The molecular formula is C13H18BrNO2. The van der Waals surface area contributed by atoms with Gasteiger partial charge in [0.25, 0.3) is 0 Å². The second-order valence-corrected chi connectivity index (χ2v) is 5.26. The van der Waals surface area contributed by atoms with Crippen molar-refractivity contribution in [3.63, 3.8) is 0 Å². The molecule has 4 heteroatoms. The Morgan fingerprint density at radius 2 is 2.06 bits per heavy atom. The average Bonchev–Trinajstić information content (AvgIpc) is 2.31. The van der Waals surface area contributed by atoms with Crippen LogP contribution in [-0.2, 0) is 4.74 Å². The maximum absolute atomic E-state index is 5.92. The van der Waals surface area contributed by atoms with E-state index in [2.05, 4.69) is 22.9 Å². The molecule has 0 amide bonds. The molecule has 2 N–H and O–H groups in total. The first-order valence-corrected chi connectivity index (χ1v) is 6.79. The van der Waals surface area contributed by atoms with Gasteiger partial charge in [-0.15, -0.1) is 0 Å². The molecule has 0 aliphatic heterocycles. The average molecular weight is 300 g/mol. The number of hydrogen-bond acceptors (Lipinski definition) is 3. The van der Waals surface area contributed by atoms with E-state index >= 15 is 0 Å². The number of benzene rings is 1. The van der Waals surface area contributed by atoms with E-state index in [1.807, 2.05) is 24.3 Å². The summed E-state index contributed by atoms with van der Waals surface area (Å²) in [6, 6.07) is 7.95. The summed E-state index contributed by atoms with van der Waals surface area (Å²) in [5.41, 5.74) is 5.92. The normalized spacial score (nSPS) is 27.6. The summed E-state index contributed by atoms with van der Waals surface area (Å²) < 4.78 is 12.6. The zero-order valence-electron chi connectivity index (χ0n) is 9.93. The van der Waals surface area contributed by atoms with Crippen LogP contribution in [0.1, 0.15) is 19.8 Å². The van der Waals surface area contributed by atoms with Crippen LogP contribution in [-0.4, -0.2) is 24.9 Å². The Kier molecular flexibility index (Phi) is 4.42. The number of nitrogens with two attached hydrogens (primary N) is 1. The maximum atomic E-state index is 5.92. The third-order valence-electron chi connectivity index (χ3n) is 2.91. The Labute approximate surface area is 110 Å². The predicted molar refractivity (Wildman–Crippen MR) is 71.2 cm³/mol. The molecule has 0 bridgehead atoms. The molecule has 1 aliphatic rings. The lowest BCUT2D eigenvalue weighted by Gasteiger charge is -2.41. The van der Waals surface area contributed by atoms with Gasteiger partial charge in [0.05, 0.1) is 0 Å². The van der Waals surface area contributed by atoms with Gasteiger partial charge in [-0.05, 0) is 30.7 Å². The Hall–Kier alpha value is -0.580. The van der Waals surface area contributed by atoms with E-state index in [9.17, 15) is 0 Å². The number of ether oxygens (including phenoxy) is 2. The molecule has 0 saturated heterocycles. The van der Waals surface area contributed by atoms with Gasteiger partial charge in [0, 0.05) is 23.5 Å². The highest BCUT2D eigenvalue weighted by molar-refractivity contribution is 9.10. The lowest BCUT2D eigenvalue weighted by atomic mass is 9.86. The number of halogens is 1. The molecule has 0 heterocycles. The van der Waals surface area contributed by atoms with E-state index in [4.69, 9.17) is 15.2 Å². The van der Waals surface area contributed by atoms with Crippen LogP contribution in [0.4, 0.5) is 0 Å². The molecule has 1 aliphatic carbocycles. The van der Waals surface area contributed by atoms with E-state index in [-0.39, 0.29) is 18.2 Å². The van der Waals surface area contributed by atoms with E-state index in [1.165, 1.54) is 0 Å². The number of hydrogen-bond donors (Lipinski definition) is 1. The topological polar surface area (TPSA) is 44.5 Å². The molecule has 0 spiro atoms. The van der Waals surface area contributed by atoms with Crippen LogP contribution in [0.5, 0.6) is 5.75 Å². The minimum Gasteiger partial charge on any atom is -0.488 e. The van der Waals surface area contributed by atoms with Crippen molar-refractivity contribution in [2.45, 2.75) is 38.0 Å². The molecule has 1 aromatic rings. The van der Waals surface area contributed by atoms with Crippen LogP contribution in [0.15, 0.2) is 28.7 Å². The minimum absolute atomic E-state index is 0.0404. The minimum atomic E-state index is 0.0404. The quantitative estimate of drug-likeness (QED) is 0.909. The zero-order chi connectivity index (χ0) is 12.3. The van der Waals surface area contributed by atoms with Crippen molar-refractivity contribution in [1.29, 1.82) is 0 Å². The zero-order valence-corrected chi connectivity index (χ0v) is 11.5. The molecule has 3 unspecified atom stereocenters. The van der Waals surface area contributed by atoms with Crippen molar-refractivity contribution >= 4 is 15.9 Å². The molecule has 94 valence electrons. The highest BCUT2D eigenvalue weighted by Gasteiger charge is 2.41. The fourth-order valence-corrected chi connectivity index (χ4v) is 2.17. The molecule has 0 aromatic heterocycles. The molecular weight excluding hydrogens is 282 g/mol. The van der Waals surface area contributed by atoms with Gasteiger partial charge in [-0.25, -0.2) is 0 Å². The molecule has 1 aromatic carbocycles. The van der Waals surface area contributed by atoms with Gasteiger partial charge in [-0.2, -0.15) is 0 Å². The van der Waals surface area contributed by atoms with E-state index < -0.39 is 0 Å². The van der Waals surface area contributed by atoms with Gasteiger partial charge < -0.3 is 15.2 Å². The van der Waals surface area contributed by atoms with Crippen molar-refractivity contribution in [3.8, 4) is 5.75 Å². The van der Waals surface area contributed by atoms with Gasteiger partial charge in [0.1, 0.15) is 18.0 Å². The predicted octanol–water partition coefficient (Wildman–Crippen LogP) is 2.72. The maximum Gasteiger partial charge on any atom is 0.128 e. The first kappa shape index (κ1) is 12.9. The van der Waals surface area contributed by atoms with Gasteiger partial charge in [0.15, 0.2) is 0 Å². The third-order valence-corrected chi connectivity index (χ3v) is 3.44. The largest absolute Gasteiger partial charge is 0.488 e. The van der Waals surface area contributed by atoms with Crippen molar-refractivity contribution in [2.24, 2.45) is 5.73 Å². The van der Waals surface area contributed by atoms with Crippen molar-refractivity contribution < 1.29 is 9.47 Å². The van der Waals surface area contributed by atoms with Crippen molar-refractivity contribution in [1.82, 2.24) is 0 Å². The summed E-state index contributed by atoms with van der Waals surface area (Å²) in [5, 5.41) is 0. The highest BCUT2D eigenvalue weighted by atomic mass is 79.9. The summed E-state index contributed by atoms with van der Waals surface area (Å²) in [5.74, 6) is 0.871. The molecule has 0 radical (unpaired) electrons. The summed E-state index contributed by atoms with van der Waals surface area (Å²) in [6.07, 6.45) is 2.01. The van der Waals surface area contributed by atoms with Gasteiger partial charge >= 0.3 is 0 Å². The Balaban J connectivity index is 1.88. The molecule has 2 rings (SSSR count). The fraction of sp³-hybridized carbons (Fsp3) is 0.538. The highest BCUT2D eigenvalue weighted by Crippen LogP contribution is 2.28. The standard InChI is InChI=1S/C13H18BrNO2/c1-2-7-16-13-11(15)8-12(13)17-10-5-3-9(14)4-6-10/h3-6,11-13H,2,7-8,15H2,1H3. The van der Waals surface area contributed by atoms with Crippen LogP contribution < -0.4 is 10.5 Å². The van der Waals surface area contributed by atoms with Gasteiger partial charge in [0.2, 0.25) is 0 Å². The first-order chi connectivity index (χ1) is 8.20. The first-order valence-electron chi connectivity index (χ1n) is 6.00. The summed E-state index contributed by atoms with van der Waals surface area (Å²) in [6.45, 7) is 2.84. The lowest BCUT2D eigenvalue weighted by Crippen LogP contribution is -2.59. The summed E-state index contributed by atoms with van der Waals surface area (Å²) in [4.78, 5) is 0. The molecule has 3 atom stereocenters. The monoisotopic (exact) mass is 299 g/mol. The Morgan fingerprint density at radius 1 is 1.35 bits per heavy atom. The Morgan fingerprint density at radius 3 is 2.65 bits per heavy atom. The second kappa shape index (κ2) is 5.85. The lowest BCUT2D eigenvalue weighted by molar-refractivity contribution is -0.0980. The van der Waals surface area contributed by atoms with Crippen LogP contribution in [0, 0.1) is 0 Å². The molecule has 17 heavy (non-hydrogen) atoms. The van der Waals surface area contributed by atoms with Crippen molar-refractivity contribution in [2.75, 3.05) is 6.61 Å². The molecule has 3 nitrogen and oxygen atoms in total. The SMILES string of the molecule is CCCOC1C(N)CC1Oc1ccc(Br)cc1. The van der Waals surface area contributed by atoms with Gasteiger partial charge in [-0.1, -0.05) is 22.9 Å². The van der Waals surface area contributed by atoms with Crippen LogP contribution in [0.3, 0.4) is 0 Å². The molecule has 1 fully saturated rings. The smallest absolute Gasteiger partial charge is 0.128 e. The van der Waals surface area contributed by atoms with E-state index in [1.54, 1.807) is 0 Å². The van der Waals surface area contributed by atoms with Gasteiger partial charge in [-0.3, -0.25) is 0 Å². The summed E-state index contributed by atoms with van der Waals surface area (Å²) in [7, 11) is 0. The Bertz CT molecular complexity index is 355. The molecule has 1 saturated carbocycles. The third kappa shape index (κ3) is 3.21. The second-order valence-electron chi connectivity index (χ2n) is 4.35.